The number of hydrogen-bond donors (Lipinski definition) is 2. The van der Waals surface area contributed by atoms with Crippen LogP contribution in [0.4, 0.5) is 0 Å². The highest BCUT2D eigenvalue weighted by Gasteiger charge is 2.11. The molecule has 1 unspecified atom stereocenters. The molecule has 1 heterocycles. The Labute approximate surface area is 78.1 Å². The first kappa shape index (κ1) is 10.2. The van der Waals surface area contributed by atoms with Crippen LogP contribution in [0.25, 0.3) is 0 Å². The molecule has 4 heteroatoms. The molecule has 0 aromatic carbocycles. The van der Waals surface area contributed by atoms with E-state index in [0.29, 0.717) is 12.6 Å². The highest BCUT2D eigenvalue weighted by atomic mass is 16.5. The summed E-state index contributed by atoms with van der Waals surface area (Å²) < 4.78 is 5.28. The van der Waals surface area contributed by atoms with Gasteiger partial charge >= 0.3 is 0 Å². The Hall–Kier alpha value is -0.870. The fraction of sp³-hybridized carbons (Fsp3) is 0.667. The van der Waals surface area contributed by atoms with Gasteiger partial charge in [-0.1, -0.05) is 6.08 Å². The van der Waals surface area contributed by atoms with Crippen LogP contribution in [0.5, 0.6) is 0 Å². The maximum atomic E-state index is 10.3. The Balaban J connectivity index is 2.07. The monoisotopic (exact) mass is 184 g/mol. The molecule has 1 atom stereocenters. The number of amides is 1. The number of nitrogens with one attached hydrogen (secondary N) is 1. The van der Waals surface area contributed by atoms with Crippen molar-refractivity contribution >= 4 is 5.91 Å². The van der Waals surface area contributed by atoms with E-state index >= 15 is 0 Å². The van der Waals surface area contributed by atoms with Crippen molar-refractivity contribution in [2.45, 2.75) is 18.9 Å². The largest absolute Gasteiger partial charge is 0.380 e. The molecule has 3 N–H and O–H groups in total. The lowest BCUT2D eigenvalue weighted by molar-refractivity contribution is -0.113. The average molecular weight is 184 g/mol. The number of rotatable bonds is 4. The number of carbonyl (C=O) groups excluding carboxylic acids is 1. The van der Waals surface area contributed by atoms with Crippen molar-refractivity contribution in [2.75, 3.05) is 19.8 Å². The number of carbonyl (C=O) groups is 1. The summed E-state index contributed by atoms with van der Waals surface area (Å²) in [7, 11) is 0. The normalized spacial score (nSPS) is 23.5. The summed E-state index contributed by atoms with van der Waals surface area (Å²) in [5.41, 5.74) is 4.93. The quantitative estimate of drug-likeness (QED) is 0.594. The summed E-state index contributed by atoms with van der Waals surface area (Å²) in [6.07, 6.45) is 5.36. The van der Waals surface area contributed by atoms with Gasteiger partial charge in [-0.25, -0.2) is 0 Å². The van der Waals surface area contributed by atoms with Gasteiger partial charge in [0.15, 0.2) is 0 Å². The highest BCUT2D eigenvalue weighted by Crippen LogP contribution is 2.04. The third-order valence-electron chi connectivity index (χ3n) is 1.97. The first-order valence-corrected chi connectivity index (χ1v) is 4.56. The van der Waals surface area contributed by atoms with Gasteiger partial charge in [0, 0.05) is 19.2 Å². The molecule has 0 aromatic heterocycles. The van der Waals surface area contributed by atoms with E-state index in [1.807, 2.05) is 0 Å². The van der Waals surface area contributed by atoms with E-state index < -0.39 is 5.91 Å². The summed E-state index contributed by atoms with van der Waals surface area (Å²) >= 11 is 0. The molecular formula is C9H16N2O2. The van der Waals surface area contributed by atoms with Crippen molar-refractivity contribution in [2.24, 2.45) is 5.73 Å². The van der Waals surface area contributed by atoms with Gasteiger partial charge in [0.25, 0.3) is 0 Å². The van der Waals surface area contributed by atoms with Gasteiger partial charge < -0.3 is 15.8 Å². The van der Waals surface area contributed by atoms with Crippen molar-refractivity contribution in [1.82, 2.24) is 5.32 Å². The van der Waals surface area contributed by atoms with E-state index in [-0.39, 0.29) is 0 Å². The Morgan fingerprint density at radius 1 is 1.69 bits per heavy atom. The molecule has 1 rings (SSSR count). The molecule has 13 heavy (non-hydrogen) atoms. The van der Waals surface area contributed by atoms with E-state index in [4.69, 9.17) is 10.5 Å². The van der Waals surface area contributed by atoms with Gasteiger partial charge in [-0.15, -0.1) is 0 Å². The van der Waals surface area contributed by atoms with Gasteiger partial charge in [-0.3, -0.25) is 4.79 Å². The second-order valence-corrected chi connectivity index (χ2v) is 3.13. The molecule has 1 aliphatic rings. The standard InChI is InChI=1S/C9H16N2O2/c10-9(12)4-1-5-11-8-3-2-6-13-7-8/h1,4,8,11H,2-3,5-7H2,(H2,10,12). The SMILES string of the molecule is NC(=O)C=CCNC1CCCOC1. The third kappa shape index (κ3) is 4.65. The van der Waals surface area contributed by atoms with Gasteiger partial charge in [0.1, 0.15) is 0 Å². The maximum absolute atomic E-state index is 10.3. The predicted molar refractivity (Wildman–Crippen MR) is 50.2 cm³/mol. The van der Waals surface area contributed by atoms with E-state index in [1.165, 1.54) is 6.08 Å². The summed E-state index contributed by atoms with van der Waals surface area (Å²) in [5.74, 6) is -0.401. The van der Waals surface area contributed by atoms with Crippen molar-refractivity contribution in [3.05, 3.63) is 12.2 Å². The topological polar surface area (TPSA) is 64.4 Å². The molecule has 74 valence electrons. The van der Waals surface area contributed by atoms with Crippen LogP contribution >= 0.6 is 0 Å². The molecule has 0 bridgehead atoms. The summed E-state index contributed by atoms with van der Waals surface area (Å²) in [6, 6.07) is 0.422. The molecule has 1 fully saturated rings. The molecule has 1 aliphatic heterocycles. The van der Waals surface area contributed by atoms with Crippen molar-refractivity contribution in [1.29, 1.82) is 0 Å². The van der Waals surface area contributed by atoms with Crippen molar-refractivity contribution in [3.63, 3.8) is 0 Å². The number of ether oxygens (including phenoxy) is 1. The predicted octanol–water partition coefficient (Wildman–Crippen LogP) is -0.204. The van der Waals surface area contributed by atoms with Gasteiger partial charge in [-0.2, -0.15) is 0 Å². The first-order valence-electron chi connectivity index (χ1n) is 4.56. The zero-order chi connectivity index (χ0) is 9.52. The number of nitrogens with two attached hydrogens (primary N) is 1. The van der Waals surface area contributed by atoms with Crippen LogP contribution in [0.1, 0.15) is 12.8 Å². The van der Waals surface area contributed by atoms with E-state index in [1.54, 1.807) is 6.08 Å². The Morgan fingerprint density at radius 2 is 2.54 bits per heavy atom. The van der Waals surface area contributed by atoms with Gasteiger partial charge in [0.05, 0.1) is 6.61 Å². The van der Waals surface area contributed by atoms with Crippen molar-refractivity contribution < 1.29 is 9.53 Å². The molecule has 0 aromatic rings. The maximum Gasteiger partial charge on any atom is 0.241 e. The minimum atomic E-state index is -0.401. The molecule has 1 saturated heterocycles. The van der Waals surface area contributed by atoms with Crippen LogP contribution in [0.2, 0.25) is 0 Å². The molecular weight excluding hydrogens is 168 g/mol. The Bertz CT molecular complexity index is 186. The van der Waals surface area contributed by atoms with E-state index in [2.05, 4.69) is 5.32 Å². The lowest BCUT2D eigenvalue weighted by Gasteiger charge is -2.22. The van der Waals surface area contributed by atoms with Crippen LogP contribution in [0.3, 0.4) is 0 Å². The van der Waals surface area contributed by atoms with Crippen LogP contribution in [-0.4, -0.2) is 31.7 Å². The van der Waals surface area contributed by atoms with Gasteiger partial charge in [-0.05, 0) is 18.9 Å². The average Bonchev–Trinajstić information content (AvgIpc) is 2.14. The van der Waals surface area contributed by atoms with E-state index in [0.717, 1.165) is 26.1 Å². The Kier molecular flexibility index (Phi) is 4.49. The molecule has 0 aliphatic carbocycles. The van der Waals surface area contributed by atoms with E-state index in [9.17, 15) is 4.79 Å². The van der Waals surface area contributed by atoms with Crippen LogP contribution < -0.4 is 11.1 Å². The fourth-order valence-corrected chi connectivity index (χ4v) is 1.31. The molecule has 4 nitrogen and oxygen atoms in total. The van der Waals surface area contributed by atoms with Gasteiger partial charge in [0.2, 0.25) is 5.91 Å². The minimum Gasteiger partial charge on any atom is -0.380 e. The molecule has 0 saturated carbocycles. The Morgan fingerprint density at radius 3 is 3.15 bits per heavy atom. The van der Waals surface area contributed by atoms with Crippen molar-refractivity contribution in [3.8, 4) is 0 Å². The fourth-order valence-electron chi connectivity index (χ4n) is 1.31. The number of hydrogen-bond acceptors (Lipinski definition) is 3. The molecule has 1 amide bonds. The summed E-state index contributed by atoms with van der Waals surface area (Å²) in [6.45, 7) is 2.32. The molecule has 0 spiro atoms. The molecule has 0 radical (unpaired) electrons. The summed E-state index contributed by atoms with van der Waals surface area (Å²) in [5, 5.41) is 3.26. The lowest BCUT2D eigenvalue weighted by Crippen LogP contribution is -2.36. The first-order chi connectivity index (χ1) is 6.29. The second kappa shape index (κ2) is 5.72. The smallest absolute Gasteiger partial charge is 0.241 e. The highest BCUT2D eigenvalue weighted by molar-refractivity contribution is 5.85. The van der Waals surface area contributed by atoms with Crippen LogP contribution in [0.15, 0.2) is 12.2 Å². The zero-order valence-electron chi connectivity index (χ0n) is 7.66. The summed E-state index contributed by atoms with van der Waals surface area (Å²) in [4.78, 5) is 10.3. The zero-order valence-corrected chi connectivity index (χ0v) is 7.66. The lowest BCUT2D eigenvalue weighted by atomic mass is 10.1. The minimum absolute atomic E-state index is 0.401. The third-order valence-corrected chi connectivity index (χ3v) is 1.97. The van der Waals surface area contributed by atoms with Crippen LogP contribution in [-0.2, 0) is 9.53 Å². The second-order valence-electron chi connectivity index (χ2n) is 3.13. The number of primary amides is 1. The van der Waals surface area contributed by atoms with Crippen LogP contribution in [0, 0.1) is 0 Å².